The zero-order valence-corrected chi connectivity index (χ0v) is 25.3. The van der Waals surface area contributed by atoms with E-state index < -0.39 is 47.9 Å². The number of carbonyl (C=O) groups excluding carboxylic acids is 3. The summed E-state index contributed by atoms with van der Waals surface area (Å²) in [6.45, 7) is 0.789. The Morgan fingerprint density at radius 1 is 0.733 bits per heavy atom. The number of aromatic nitrogens is 1. The van der Waals surface area contributed by atoms with Gasteiger partial charge in [-0.25, -0.2) is 4.79 Å². The van der Waals surface area contributed by atoms with E-state index in [9.17, 15) is 29.4 Å². The summed E-state index contributed by atoms with van der Waals surface area (Å²) < 4.78 is 0. The molecular formula is C32H45N7O6. The quantitative estimate of drug-likeness (QED) is 0.0856. The average molecular weight is 624 g/mol. The Balaban J connectivity index is 1.71. The normalized spacial score (nSPS) is 13.8. The summed E-state index contributed by atoms with van der Waals surface area (Å²) in [6, 6.07) is 9.47. The molecule has 0 aliphatic rings. The lowest BCUT2D eigenvalue weighted by atomic mass is 10.0. The van der Waals surface area contributed by atoms with Gasteiger partial charge < -0.3 is 48.3 Å². The van der Waals surface area contributed by atoms with Crippen LogP contribution >= 0.6 is 0 Å². The molecule has 0 bridgehead atoms. The number of phenolic OH excluding ortho intramolecular Hbond substituents is 1. The first kappa shape index (κ1) is 35.0. The van der Waals surface area contributed by atoms with Crippen LogP contribution in [0.1, 0.15) is 49.7 Å². The summed E-state index contributed by atoms with van der Waals surface area (Å²) in [5, 5.41) is 28.3. The molecule has 4 unspecified atom stereocenters. The Hall–Kier alpha value is -4.46. The molecule has 0 saturated heterocycles. The van der Waals surface area contributed by atoms with Crippen molar-refractivity contribution in [2.75, 3.05) is 13.1 Å². The van der Waals surface area contributed by atoms with E-state index in [0.29, 0.717) is 38.8 Å². The maximum atomic E-state index is 13.5. The lowest BCUT2D eigenvalue weighted by Gasteiger charge is -2.25. The molecule has 0 aliphatic heterocycles. The van der Waals surface area contributed by atoms with Gasteiger partial charge in [-0.05, 0) is 87.4 Å². The summed E-state index contributed by atoms with van der Waals surface area (Å²) in [4.78, 5) is 55.3. The van der Waals surface area contributed by atoms with Crippen LogP contribution in [0.5, 0.6) is 5.75 Å². The van der Waals surface area contributed by atoms with Crippen LogP contribution in [0.4, 0.5) is 0 Å². The zero-order valence-electron chi connectivity index (χ0n) is 25.3. The van der Waals surface area contributed by atoms with Crippen LogP contribution in [-0.4, -0.2) is 76.1 Å². The van der Waals surface area contributed by atoms with Crippen LogP contribution in [0.2, 0.25) is 0 Å². The number of carbonyl (C=O) groups is 4. The molecule has 244 valence electrons. The average Bonchev–Trinajstić information content (AvgIpc) is 3.43. The molecular weight excluding hydrogens is 578 g/mol. The number of H-pyrrole nitrogens is 1. The minimum atomic E-state index is -1.25. The molecule has 1 aromatic heterocycles. The molecule has 1 heterocycles. The maximum absolute atomic E-state index is 13.5. The number of benzene rings is 2. The third kappa shape index (κ3) is 10.9. The number of phenols is 1. The minimum absolute atomic E-state index is 0.0330. The summed E-state index contributed by atoms with van der Waals surface area (Å²) >= 11 is 0. The van der Waals surface area contributed by atoms with E-state index in [1.165, 1.54) is 12.1 Å². The van der Waals surface area contributed by atoms with Crippen LogP contribution in [0.15, 0.2) is 54.7 Å². The summed E-state index contributed by atoms with van der Waals surface area (Å²) in [5.41, 5.74) is 19.7. The monoisotopic (exact) mass is 623 g/mol. The van der Waals surface area contributed by atoms with Crippen LogP contribution in [0.25, 0.3) is 10.9 Å². The molecule has 4 atom stereocenters. The topological polar surface area (TPSA) is 239 Å². The molecule has 3 amide bonds. The number of rotatable bonds is 19. The number of amides is 3. The Morgan fingerprint density at radius 2 is 1.29 bits per heavy atom. The van der Waals surface area contributed by atoms with Crippen LogP contribution in [0.3, 0.4) is 0 Å². The fourth-order valence-corrected chi connectivity index (χ4v) is 5.05. The Labute approximate surface area is 262 Å². The van der Waals surface area contributed by atoms with Crippen molar-refractivity contribution in [3.05, 3.63) is 65.9 Å². The van der Waals surface area contributed by atoms with E-state index in [1.807, 2.05) is 24.3 Å². The molecule has 13 nitrogen and oxygen atoms in total. The van der Waals surface area contributed by atoms with Crippen molar-refractivity contribution < 1.29 is 29.4 Å². The number of hydrogen-bond acceptors (Lipinski definition) is 8. The van der Waals surface area contributed by atoms with Gasteiger partial charge in [0.25, 0.3) is 0 Å². The van der Waals surface area contributed by atoms with E-state index >= 15 is 0 Å². The number of fused-ring (bicyclic) bond motifs is 1. The van der Waals surface area contributed by atoms with Crippen molar-refractivity contribution in [2.45, 2.75) is 75.5 Å². The second-order valence-electron chi connectivity index (χ2n) is 11.1. The van der Waals surface area contributed by atoms with Gasteiger partial charge in [-0.3, -0.25) is 14.4 Å². The molecule has 13 heteroatoms. The van der Waals surface area contributed by atoms with Crippen LogP contribution < -0.4 is 33.2 Å². The number of hydrogen-bond donors (Lipinski definition) is 9. The highest BCUT2D eigenvalue weighted by atomic mass is 16.4. The zero-order chi connectivity index (χ0) is 32.8. The van der Waals surface area contributed by atoms with Crippen LogP contribution in [0, 0.1) is 0 Å². The Bertz CT molecular complexity index is 1410. The fourth-order valence-electron chi connectivity index (χ4n) is 5.05. The number of aliphatic carboxylic acids is 1. The van der Waals surface area contributed by atoms with Gasteiger partial charge in [0.05, 0.1) is 6.04 Å². The Kier molecular flexibility index (Phi) is 13.8. The van der Waals surface area contributed by atoms with E-state index in [2.05, 4.69) is 20.9 Å². The van der Waals surface area contributed by atoms with Gasteiger partial charge in [0.2, 0.25) is 17.7 Å². The van der Waals surface area contributed by atoms with Gasteiger partial charge in [-0.2, -0.15) is 0 Å². The molecule has 3 rings (SSSR count). The van der Waals surface area contributed by atoms with Crippen molar-refractivity contribution >= 4 is 34.6 Å². The van der Waals surface area contributed by atoms with E-state index in [4.69, 9.17) is 17.2 Å². The molecule has 0 fully saturated rings. The lowest BCUT2D eigenvalue weighted by Crippen LogP contribution is -2.57. The van der Waals surface area contributed by atoms with Gasteiger partial charge in [0, 0.05) is 23.5 Å². The fraction of sp³-hybridized carbons (Fsp3) is 0.438. The highest BCUT2D eigenvalue weighted by Gasteiger charge is 2.30. The summed E-state index contributed by atoms with van der Waals surface area (Å²) in [6.07, 6.45) is 4.68. The van der Waals surface area contributed by atoms with Crippen molar-refractivity contribution in [1.29, 1.82) is 0 Å². The van der Waals surface area contributed by atoms with Gasteiger partial charge in [0.1, 0.15) is 23.9 Å². The smallest absolute Gasteiger partial charge is 0.326 e. The number of nitrogens with one attached hydrogen (secondary N) is 4. The number of aromatic amines is 1. The molecule has 0 radical (unpaired) electrons. The van der Waals surface area contributed by atoms with Gasteiger partial charge in [-0.15, -0.1) is 0 Å². The predicted octanol–water partition coefficient (Wildman–Crippen LogP) is 0.783. The number of unbranched alkanes of at least 4 members (excludes halogenated alkanes) is 2. The number of carboxylic acid groups (broad SMARTS) is 1. The highest BCUT2D eigenvalue weighted by molar-refractivity contribution is 5.94. The van der Waals surface area contributed by atoms with Crippen molar-refractivity contribution in [3.63, 3.8) is 0 Å². The van der Waals surface area contributed by atoms with Crippen LogP contribution in [-0.2, 0) is 32.0 Å². The standard InChI is InChI=1S/C32H45N7O6/c33-15-5-3-9-26(37-29(41)24(35)17-20-11-13-22(40)14-12-20)30(42)38-27(10-4-6-16-34)31(43)39-28(32(44)45)18-21-19-36-25-8-2-1-7-23(21)25/h1-2,7-8,11-14,19,24,26-28,36,40H,3-6,9-10,15-18,33-35H2,(H,37,41)(H,38,42)(H,39,43)(H,44,45). The SMILES string of the molecule is NCCCCC(NC(=O)C(N)Cc1ccc(O)cc1)C(=O)NC(CCCCN)C(=O)NC(Cc1c[nH]c2ccccc12)C(=O)O. The second kappa shape index (κ2) is 17.7. The maximum Gasteiger partial charge on any atom is 0.326 e. The molecule has 0 aliphatic carbocycles. The highest BCUT2D eigenvalue weighted by Crippen LogP contribution is 2.19. The number of para-hydroxylation sites is 1. The first-order valence-corrected chi connectivity index (χ1v) is 15.3. The summed E-state index contributed by atoms with van der Waals surface area (Å²) in [5.74, 6) is -2.91. The first-order valence-electron chi connectivity index (χ1n) is 15.3. The largest absolute Gasteiger partial charge is 0.508 e. The molecule has 45 heavy (non-hydrogen) atoms. The molecule has 2 aromatic carbocycles. The molecule has 3 aromatic rings. The first-order chi connectivity index (χ1) is 21.6. The number of nitrogens with two attached hydrogens (primary N) is 3. The number of carboxylic acids is 1. The van der Waals surface area contributed by atoms with E-state index in [-0.39, 0.29) is 31.4 Å². The molecule has 0 saturated carbocycles. The van der Waals surface area contributed by atoms with E-state index in [0.717, 1.165) is 22.0 Å². The van der Waals surface area contributed by atoms with Gasteiger partial charge in [-0.1, -0.05) is 30.3 Å². The predicted molar refractivity (Wildman–Crippen MR) is 171 cm³/mol. The summed E-state index contributed by atoms with van der Waals surface area (Å²) in [7, 11) is 0. The third-order valence-electron chi connectivity index (χ3n) is 7.60. The second-order valence-corrected chi connectivity index (χ2v) is 11.1. The van der Waals surface area contributed by atoms with Gasteiger partial charge in [0.15, 0.2) is 0 Å². The van der Waals surface area contributed by atoms with Crippen molar-refractivity contribution in [3.8, 4) is 5.75 Å². The Morgan fingerprint density at radius 3 is 1.87 bits per heavy atom. The van der Waals surface area contributed by atoms with E-state index in [1.54, 1.807) is 18.3 Å². The number of aromatic hydroxyl groups is 1. The molecule has 0 spiro atoms. The van der Waals surface area contributed by atoms with Gasteiger partial charge >= 0.3 is 5.97 Å². The third-order valence-corrected chi connectivity index (χ3v) is 7.60. The van der Waals surface area contributed by atoms with Crippen molar-refractivity contribution in [1.82, 2.24) is 20.9 Å². The minimum Gasteiger partial charge on any atom is -0.508 e. The molecule has 12 N–H and O–H groups in total. The van der Waals surface area contributed by atoms with Crippen molar-refractivity contribution in [2.24, 2.45) is 17.2 Å². The lowest BCUT2D eigenvalue weighted by molar-refractivity contribution is -0.142.